The van der Waals surface area contributed by atoms with Crippen molar-refractivity contribution in [1.29, 1.82) is 0 Å². The van der Waals surface area contributed by atoms with Crippen LogP contribution in [0.15, 0.2) is 47.2 Å². The van der Waals surface area contributed by atoms with E-state index in [1.54, 1.807) is 22.7 Å². The summed E-state index contributed by atoms with van der Waals surface area (Å²) in [5.41, 5.74) is 1.83. The number of aromatic nitrogens is 1. The Balaban J connectivity index is 1.60. The van der Waals surface area contributed by atoms with Crippen molar-refractivity contribution in [3.8, 4) is 9.88 Å². The second-order valence-corrected chi connectivity index (χ2v) is 7.38. The second kappa shape index (κ2) is 7.25. The van der Waals surface area contributed by atoms with Crippen LogP contribution >= 0.6 is 34.3 Å². The standard InChI is InChI=1S/C17H15ClN2OS2/c1-11(12-4-6-13(18)7-5-12)19-16(21)9-14-10-23-17(20-14)15-3-2-8-22-15/h2-8,10-11H,9H2,1H3,(H,19,21)/t11-/m0/s1. The van der Waals surface area contributed by atoms with Crippen molar-refractivity contribution in [2.45, 2.75) is 19.4 Å². The molecule has 6 heteroatoms. The number of hydrogen-bond donors (Lipinski definition) is 1. The van der Waals surface area contributed by atoms with Gasteiger partial charge in [-0.15, -0.1) is 22.7 Å². The van der Waals surface area contributed by atoms with E-state index in [4.69, 9.17) is 11.6 Å². The zero-order chi connectivity index (χ0) is 16.2. The van der Waals surface area contributed by atoms with Crippen molar-refractivity contribution in [1.82, 2.24) is 10.3 Å². The van der Waals surface area contributed by atoms with Crippen LogP contribution in [0.25, 0.3) is 9.88 Å². The van der Waals surface area contributed by atoms with Crippen LogP contribution in [0.1, 0.15) is 24.2 Å². The molecule has 0 fully saturated rings. The molecule has 118 valence electrons. The first-order valence-electron chi connectivity index (χ1n) is 7.15. The maximum Gasteiger partial charge on any atom is 0.226 e. The van der Waals surface area contributed by atoms with Gasteiger partial charge in [-0.05, 0) is 36.1 Å². The third-order valence-corrected chi connectivity index (χ3v) is 5.56. The Labute approximate surface area is 148 Å². The summed E-state index contributed by atoms with van der Waals surface area (Å²) in [6.07, 6.45) is 0.291. The highest BCUT2D eigenvalue weighted by molar-refractivity contribution is 7.20. The fourth-order valence-corrected chi connectivity index (χ4v) is 3.95. The minimum Gasteiger partial charge on any atom is -0.349 e. The third kappa shape index (κ3) is 4.19. The largest absolute Gasteiger partial charge is 0.349 e. The molecule has 1 atom stereocenters. The quantitative estimate of drug-likeness (QED) is 0.698. The zero-order valence-electron chi connectivity index (χ0n) is 12.5. The lowest BCUT2D eigenvalue weighted by Crippen LogP contribution is -2.28. The van der Waals surface area contributed by atoms with Gasteiger partial charge in [0.25, 0.3) is 0 Å². The van der Waals surface area contributed by atoms with Crippen LogP contribution in [-0.4, -0.2) is 10.9 Å². The summed E-state index contributed by atoms with van der Waals surface area (Å²) in [7, 11) is 0. The summed E-state index contributed by atoms with van der Waals surface area (Å²) in [5.74, 6) is -0.0320. The van der Waals surface area contributed by atoms with Gasteiger partial charge in [-0.3, -0.25) is 4.79 Å². The second-order valence-electron chi connectivity index (χ2n) is 5.14. The molecule has 0 spiro atoms. The summed E-state index contributed by atoms with van der Waals surface area (Å²) >= 11 is 9.11. The van der Waals surface area contributed by atoms with Crippen molar-refractivity contribution < 1.29 is 4.79 Å². The molecule has 1 N–H and O–H groups in total. The number of amides is 1. The highest BCUT2D eigenvalue weighted by Gasteiger charge is 2.13. The molecule has 0 aliphatic carbocycles. The lowest BCUT2D eigenvalue weighted by Gasteiger charge is -2.14. The molecule has 23 heavy (non-hydrogen) atoms. The van der Waals surface area contributed by atoms with Crippen LogP contribution in [0, 0.1) is 0 Å². The fourth-order valence-electron chi connectivity index (χ4n) is 2.19. The minimum absolute atomic E-state index is 0.0320. The number of nitrogens with one attached hydrogen (secondary N) is 1. The van der Waals surface area contributed by atoms with Gasteiger partial charge >= 0.3 is 0 Å². The van der Waals surface area contributed by atoms with Crippen LogP contribution in [0.5, 0.6) is 0 Å². The molecule has 0 unspecified atom stereocenters. The molecule has 0 bridgehead atoms. The maximum atomic E-state index is 12.2. The van der Waals surface area contributed by atoms with Crippen molar-refractivity contribution in [2.75, 3.05) is 0 Å². The van der Waals surface area contributed by atoms with Gasteiger partial charge in [0.05, 0.1) is 23.0 Å². The van der Waals surface area contributed by atoms with Crippen LogP contribution in [0.4, 0.5) is 0 Å². The number of benzene rings is 1. The lowest BCUT2D eigenvalue weighted by molar-refractivity contribution is -0.121. The van der Waals surface area contributed by atoms with Gasteiger partial charge in [-0.25, -0.2) is 4.98 Å². The summed E-state index contributed by atoms with van der Waals surface area (Å²) < 4.78 is 0. The van der Waals surface area contributed by atoms with Crippen molar-refractivity contribution in [3.63, 3.8) is 0 Å². The molecule has 3 nitrogen and oxygen atoms in total. The molecule has 3 rings (SSSR count). The number of hydrogen-bond acceptors (Lipinski definition) is 4. The Kier molecular flexibility index (Phi) is 5.10. The number of carbonyl (C=O) groups excluding carboxylic acids is 1. The average Bonchev–Trinajstić information content (AvgIpc) is 3.18. The van der Waals surface area contributed by atoms with Gasteiger partial charge in [-0.2, -0.15) is 0 Å². The molecule has 1 amide bonds. The lowest BCUT2D eigenvalue weighted by atomic mass is 10.1. The summed E-state index contributed by atoms with van der Waals surface area (Å²) in [5, 5.41) is 8.62. The van der Waals surface area contributed by atoms with E-state index < -0.39 is 0 Å². The van der Waals surface area contributed by atoms with Crippen LogP contribution < -0.4 is 5.32 Å². The minimum atomic E-state index is -0.0600. The molecule has 2 heterocycles. The highest BCUT2D eigenvalue weighted by atomic mass is 35.5. The number of nitrogens with zero attached hydrogens (tertiary/aromatic N) is 1. The van der Waals surface area contributed by atoms with Crippen molar-refractivity contribution >= 4 is 40.2 Å². The predicted molar refractivity (Wildman–Crippen MR) is 97.1 cm³/mol. The van der Waals surface area contributed by atoms with Gasteiger partial charge in [0.15, 0.2) is 0 Å². The van der Waals surface area contributed by atoms with Crippen LogP contribution in [-0.2, 0) is 11.2 Å². The molecule has 1 aromatic carbocycles. The van der Waals surface area contributed by atoms with Gasteiger partial charge in [0, 0.05) is 10.4 Å². The van der Waals surface area contributed by atoms with Gasteiger partial charge in [0.1, 0.15) is 5.01 Å². The smallest absolute Gasteiger partial charge is 0.226 e. The number of carbonyl (C=O) groups is 1. The van der Waals surface area contributed by atoms with E-state index >= 15 is 0 Å². The van der Waals surface area contributed by atoms with E-state index in [-0.39, 0.29) is 11.9 Å². The van der Waals surface area contributed by atoms with E-state index in [2.05, 4.69) is 10.3 Å². The molecule has 0 aliphatic heterocycles. The summed E-state index contributed by atoms with van der Waals surface area (Å²) in [4.78, 5) is 17.9. The first kappa shape index (κ1) is 16.2. The van der Waals surface area contributed by atoms with Crippen molar-refractivity contribution in [2.24, 2.45) is 0 Å². The van der Waals surface area contributed by atoms with Gasteiger partial charge < -0.3 is 5.32 Å². The number of thiophene rings is 1. The Morgan fingerprint density at radius 2 is 2.04 bits per heavy atom. The normalized spacial score (nSPS) is 12.1. The van der Waals surface area contributed by atoms with Gasteiger partial charge in [0.2, 0.25) is 5.91 Å². The summed E-state index contributed by atoms with van der Waals surface area (Å²) in [6.45, 7) is 1.96. The number of halogens is 1. The van der Waals surface area contributed by atoms with E-state index in [1.165, 1.54) is 0 Å². The Morgan fingerprint density at radius 1 is 1.26 bits per heavy atom. The first-order chi connectivity index (χ1) is 11.1. The number of rotatable bonds is 5. The van der Waals surface area contributed by atoms with Crippen LogP contribution in [0.2, 0.25) is 5.02 Å². The molecular weight excluding hydrogens is 348 g/mol. The highest BCUT2D eigenvalue weighted by Crippen LogP contribution is 2.28. The Morgan fingerprint density at radius 3 is 2.74 bits per heavy atom. The first-order valence-corrected chi connectivity index (χ1v) is 9.28. The molecule has 3 aromatic rings. The van der Waals surface area contributed by atoms with E-state index in [0.29, 0.717) is 11.4 Å². The predicted octanol–water partition coefficient (Wildman–Crippen LogP) is 4.94. The topological polar surface area (TPSA) is 42.0 Å². The van der Waals surface area contributed by atoms with E-state index in [9.17, 15) is 4.79 Å². The SMILES string of the molecule is C[C@H](NC(=O)Cc1csc(-c2cccs2)n1)c1ccc(Cl)cc1. The number of thiazole rings is 1. The Hall–Kier alpha value is -1.69. The van der Waals surface area contributed by atoms with Crippen LogP contribution in [0.3, 0.4) is 0 Å². The Bertz CT molecular complexity index is 781. The molecule has 0 saturated heterocycles. The monoisotopic (exact) mass is 362 g/mol. The fraction of sp³-hybridized carbons (Fsp3) is 0.176. The van der Waals surface area contributed by atoms with E-state index in [1.807, 2.05) is 54.1 Å². The maximum absolute atomic E-state index is 12.2. The average molecular weight is 363 g/mol. The molecule has 0 radical (unpaired) electrons. The molecule has 0 saturated carbocycles. The molecular formula is C17H15ClN2OS2. The third-order valence-electron chi connectivity index (χ3n) is 3.37. The zero-order valence-corrected chi connectivity index (χ0v) is 14.8. The molecule has 0 aliphatic rings. The van der Waals surface area contributed by atoms with Gasteiger partial charge in [-0.1, -0.05) is 29.8 Å². The molecule has 2 aromatic heterocycles. The summed E-state index contributed by atoms with van der Waals surface area (Å²) in [6, 6.07) is 11.5. The van der Waals surface area contributed by atoms with E-state index in [0.717, 1.165) is 21.1 Å². The van der Waals surface area contributed by atoms with Crippen molar-refractivity contribution in [3.05, 3.63) is 63.4 Å².